The molecule has 1 aliphatic heterocycles. The number of aromatic nitrogens is 1. The lowest BCUT2D eigenvalue weighted by molar-refractivity contribution is 0.109. The minimum Gasteiger partial charge on any atom is -0.493 e. The van der Waals surface area contributed by atoms with E-state index in [1.165, 1.54) is 19.3 Å². The molecule has 1 aromatic carbocycles. The second-order valence-corrected chi connectivity index (χ2v) is 7.87. The van der Waals surface area contributed by atoms with Crippen LogP contribution in [0.25, 0.3) is 0 Å². The monoisotopic (exact) mass is 373 g/mol. The fourth-order valence-electron chi connectivity index (χ4n) is 3.28. The zero-order valence-corrected chi connectivity index (χ0v) is 16.8. The number of methoxy groups -OCH3 is 1. The van der Waals surface area contributed by atoms with Gasteiger partial charge in [-0.1, -0.05) is 0 Å². The van der Waals surface area contributed by atoms with E-state index in [1.807, 2.05) is 36.7 Å². The Morgan fingerprint density at radius 1 is 1.27 bits per heavy atom. The highest BCUT2D eigenvalue weighted by atomic mass is 32.1. The molecule has 1 fully saturated rings. The molecular weight excluding hydrogens is 346 g/mol. The van der Waals surface area contributed by atoms with Gasteiger partial charge in [0.25, 0.3) is 0 Å². The molecule has 0 radical (unpaired) electrons. The van der Waals surface area contributed by atoms with Crippen molar-refractivity contribution in [3.8, 4) is 11.5 Å². The molecule has 0 bridgehead atoms. The molecule has 26 heavy (non-hydrogen) atoms. The Balaban J connectivity index is 1.68. The topological polar surface area (TPSA) is 47.0 Å². The Hall–Kier alpha value is -2.08. The van der Waals surface area contributed by atoms with Crippen LogP contribution in [0, 0.1) is 6.92 Å². The number of thiazole rings is 1. The van der Waals surface area contributed by atoms with Gasteiger partial charge in [-0.2, -0.15) is 5.10 Å². The molecule has 0 spiro atoms. The lowest BCUT2D eigenvalue weighted by Gasteiger charge is -2.36. The largest absolute Gasteiger partial charge is 0.493 e. The lowest BCUT2D eigenvalue weighted by atomic mass is 10.00. The number of aryl methyl sites for hydroxylation is 1. The van der Waals surface area contributed by atoms with Crippen LogP contribution in [-0.2, 0) is 6.61 Å². The first kappa shape index (κ1) is 18.7. The molecular formula is C20H27N3O2S. The highest BCUT2D eigenvalue weighted by molar-refractivity contribution is 7.09. The van der Waals surface area contributed by atoms with Crippen LogP contribution < -0.4 is 9.47 Å². The van der Waals surface area contributed by atoms with Crippen molar-refractivity contribution in [1.29, 1.82) is 0 Å². The first-order chi connectivity index (χ1) is 12.6. The average molecular weight is 374 g/mol. The summed E-state index contributed by atoms with van der Waals surface area (Å²) in [6.45, 7) is 6.92. The molecule has 140 valence electrons. The van der Waals surface area contributed by atoms with Crippen molar-refractivity contribution in [3.05, 3.63) is 39.8 Å². The standard InChI is InChI=1S/C20H27N3O2S/c1-14-6-5-7-15(2)23(14)21-11-17-8-9-19(20(10-17)24-4)25-12-18-13-26-16(3)22-18/h8-11,13-15H,5-7,12H2,1-4H3/b21-11-/t14-,15-/m0/s1. The number of hydrogen-bond acceptors (Lipinski definition) is 6. The second-order valence-electron chi connectivity index (χ2n) is 6.81. The summed E-state index contributed by atoms with van der Waals surface area (Å²) in [5.74, 6) is 1.43. The van der Waals surface area contributed by atoms with Gasteiger partial charge in [0.2, 0.25) is 0 Å². The normalized spacial score (nSPS) is 20.5. The van der Waals surface area contributed by atoms with E-state index in [9.17, 15) is 0 Å². The Morgan fingerprint density at radius 3 is 2.69 bits per heavy atom. The molecule has 2 aromatic rings. The maximum absolute atomic E-state index is 5.88. The van der Waals surface area contributed by atoms with Crippen LogP contribution in [-0.4, -0.2) is 35.4 Å². The molecule has 1 aromatic heterocycles. The predicted octanol–water partition coefficient (Wildman–Crippen LogP) is 4.64. The van der Waals surface area contributed by atoms with Gasteiger partial charge in [0.05, 0.1) is 24.0 Å². The number of piperidine rings is 1. The van der Waals surface area contributed by atoms with E-state index in [4.69, 9.17) is 14.6 Å². The Bertz CT molecular complexity index is 749. The zero-order valence-electron chi connectivity index (χ0n) is 15.9. The van der Waals surface area contributed by atoms with Crippen LogP contribution >= 0.6 is 11.3 Å². The molecule has 0 N–H and O–H groups in total. The van der Waals surface area contributed by atoms with E-state index in [-0.39, 0.29) is 0 Å². The van der Waals surface area contributed by atoms with Crippen LogP contribution in [0.15, 0.2) is 28.7 Å². The number of hydrazone groups is 1. The summed E-state index contributed by atoms with van der Waals surface area (Å²) >= 11 is 1.63. The second kappa shape index (κ2) is 8.54. The van der Waals surface area contributed by atoms with E-state index in [2.05, 4.69) is 23.8 Å². The van der Waals surface area contributed by atoms with Crippen LogP contribution in [0.2, 0.25) is 0 Å². The number of ether oxygens (including phenoxy) is 2. The Labute approximate surface area is 159 Å². The van der Waals surface area contributed by atoms with E-state index in [0.717, 1.165) is 22.0 Å². The third-order valence-electron chi connectivity index (χ3n) is 4.72. The van der Waals surface area contributed by atoms with E-state index < -0.39 is 0 Å². The molecule has 0 unspecified atom stereocenters. The first-order valence-corrected chi connectivity index (χ1v) is 9.99. The first-order valence-electron chi connectivity index (χ1n) is 9.11. The van der Waals surface area contributed by atoms with Crippen molar-refractivity contribution in [3.63, 3.8) is 0 Å². The van der Waals surface area contributed by atoms with Crippen LogP contribution in [0.1, 0.15) is 49.4 Å². The molecule has 1 aliphatic rings. The maximum Gasteiger partial charge on any atom is 0.161 e. The van der Waals surface area contributed by atoms with Gasteiger partial charge >= 0.3 is 0 Å². The Morgan fingerprint density at radius 2 is 2.04 bits per heavy atom. The van der Waals surface area contributed by atoms with E-state index in [0.29, 0.717) is 24.4 Å². The van der Waals surface area contributed by atoms with Gasteiger partial charge in [-0.3, -0.25) is 5.01 Å². The third kappa shape index (κ3) is 4.55. The molecule has 6 heteroatoms. The van der Waals surface area contributed by atoms with Crippen LogP contribution in [0.3, 0.4) is 0 Å². The molecule has 5 nitrogen and oxygen atoms in total. The fourth-order valence-corrected chi connectivity index (χ4v) is 3.88. The number of nitrogens with zero attached hydrogens (tertiary/aromatic N) is 3. The summed E-state index contributed by atoms with van der Waals surface area (Å²) in [4.78, 5) is 4.42. The van der Waals surface area contributed by atoms with Crippen molar-refractivity contribution >= 4 is 17.6 Å². The average Bonchev–Trinajstić information content (AvgIpc) is 3.05. The predicted molar refractivity (Wildman–Crippen MR) is 106 cm³/mol. The molecule has 0 amide bonds. The number of hydrogen-bond donors (Lipinski definition) is 0. The SMILES string of the molecule is COc1cc(/C=N\N2[C@@H](C)CCC[C@@H]2C)ccc1OCc1csc(C)n1. The molecule has 1 saturated heterocycles. The molecule has 0 saturated carbocycles. The van der Waals surface area contributed by atoms with Gasteiger partial charge in [-0.15, -0.1) is 11.3 Å². The zero-order chi connectivity index (χ0) is 18.5. The smallest absolute Gasteiger partial charge is 0.161 e. The fraction of sp³-hybridized carbons (Fsp3) is 0.500. The summed E-state index contributed by atoms with van der Waals surface area (Å²) in [5, 5.41) is 10.00. The van der Waals surface area contributed by atoms with Crippen LogP contribution in [0.5, 0.6) is 11.5 Å². The van der Waals surface area contributed by atoms with Crippen molar-refractivity contribution < 1.29 is 9.47 Å². The summed E-state index contributed by atoms with van der Waals surface area (Å²) in [5.41, 5.74) is 1.94. The van der Waals surface area contributed by atoms with Gasteiger partial charge in [0.15, 0.2) is 11.5 Å². The van der Waals surface area contributed by atoms with Gasteiger partial charge in [0, 0.05) is 17.5 Å². The minimum absolute atomic E-state index is 0.441. The van der Waals surface area contributed by atoms with Gasteiger partial charge in [-0.25, -0.2) is 4.98 Å². The van der Waals surface area contributed by atoms with Crippen molar-refractivity contribution in [2.75, 3.05) is 7.11 Å². The van der Waals surface area contributed by atoms with Gasteiger partial charge < -0.3 is 9.47 Å². The summed E-state index contributed by atoms with van der Waals surface area (Å²) < 4.78 is 11.4. The number of benzene rings is 1. The molecule has 3 rings (SSSR count). The van der Waals surface area contributed by atoms with E-state index in [1.54, 1.807) is 18.4 Å². The lowest BCUT2D eigenvalue weighted by Crippen LogP contribution is -2.39. The highest BCUT2D eigenvalue weighted by Crippen LogP contribution is 2.29. The van der Waals surface area contributed by atoms with E-state index >= 15 is 0 Å². The Kier molecular flexibility index (Phi) is 6.14. The van der Waals surface area contributed by atoms with Gasteiger partial charge in [-0.05, 0) is 63.8 Å². The molecule has 2 atom stereocenters. The molecule has 0 aliphatic carbocycles. The van der Waals surface area contributed by atoms with Crippen molar-refractivity contribution in [2.24, 2.45) is 5.10 Å². The minimum atomic E-state index is 0.441. The number of rotatable bonds is 6. The summed E-state index contributed by atoms with van der Waals surface area (Å²) in [6, 6.07) is 6.88. The van der Waals surface area contributed by atoms with Crippen molar-refractivity contribution in [1.82, 2.24) is 9.99 Å². The molecule has 2 heterocycles. The summed E-state index contributed by atoms with van der Waals surface area (Å²) in [7, 11) is 1.66. The van der Waals surface area contributed by atoms with Crippen molar-refractivity contribution in [2.45, 2.75) is 58.7 Å². The maximum atomic E-state index is 5.88. The third-order valence-corrected chi connectivity index (χ3v) is 5.54. The highest BCUT2D eigenvalue weighted by Gasteiger charge is 2.22. The van der Waals surface area contributed by atoms with Crippen LogP contribution in [0.4, 0.5) is 0 Å². The van der Waals surface area contributed by atoms with Gasteiger partial charge in [0.1, 0.15) is 6.61 Å². The summed E-state index contributed by atoms with van der Waals surface area (Å²) in [6.07, 6.45) is 5.60. The quantitative estimate of drug-likeness (QED) is 0.692.